The minimum absolute atomic E-state index is 0.0689. The summed E-state index contributed by atoms with van der Waals surface area (Å²) >= 11 is 0. The quantitative estimate of drug-likeness (QED) is 0.854. The number of rotatable bonds is 5. The van der Waals surface area contributed by atoms with Gasteiger partial charge in [-0.05, 0) is 30.5 Å². The molecule has 0 radical (unpaired) electrons. The first-order chi connectivity index (χ1) is 9.20. The summed E-state index contributed by atoms with van der Waals surface area (Å²) in [7, 11) is 1.59. The zero-order chi connectivity index (χ0) is 13.7. The second-order valence-electron chi connectivity index (χ2n) is 5.02. The lowest BCUT2D eigenvalue weighted by molar-refractivity contribution is -0.125. The third-order valence-corrected chi connectivity index (χ3v) is 3.67. The number of carbonyl (C=O) groups is 1. The van der Waals surface area contributed by atoms with Crippen LogP contribution in [-0.2, 0) is 4.79 Å². The van der Waals surface area contributed by atoms with E-state index >= 15 is 0 Å². The molecule has 1 amide bonds. The maximum absolute atomic E-state index is 11.9. The highest BCUT2D eigenvalue weighted by atomic mass is 16.5. The van der Waals surface area contributed by atoms with E-state index in [1.54, 1.807) is 13.2 Å². The monoisotopic (exact) mass is 263 g/mol. The Morgan fingerprint density at radius 2 is 2.21 bits per heavy atom. The summed E-state index contributed by atoms with van der Waals surface area (Å²) in [5, 5.41) is 12.9. The molecule has 4 nitrogen and oxygen atoms in total. The first kappa shape index (κ1) is 13.9. The molecule has 0 aromatic heterocycles. The lowest BCUT2D eigenvalue weighted by Crippen LogP contribution is -2.32. The minimum atomic E-state index is -0.694. The number of hydrogen-bond acceptors (Lipinski definition) is 3. The maximum Gasteiger partial charge on any atom is 0.223 e. The number of hydrogen-bond donors (Lipinski definition) is 2. The molecule has 0 saturated heterocycles. The molecule has 1 aromatic rings. The maximum atomic E-state index is 11.9. The summed E-state index contributed by atoms with van der Waals surface area (Å²) in [6, 6.07) is 7.27. The van der Waals surface area contributed by atoms with Gasteiger partial charge in [0.25, 0.3) is 0 Å². The Kier molecular flexibility index (Phi) is 4.80. The highest BCUT2D eigenvalue weighted by molar-refractivity contribution is 5.78. The summed E-state index contributed by atoms with van der Waals surface area (Å²) in [4.78, 5) is 11.9. The van der Waals surface area contributed by atoms with E-state index in [0.717, 1.165) is 31.2 Å². The molecule has 1 aliphatic rings. The van der Waals surface area contributed by atoms with Crippen molar-refractivity contribution in [3.63, 3.8) is 0 Å². The Morgan fingerprint density at radius 1 is 1.47 bits per heavy atom. The second kappa shape index (κ2) is 6.57. The fourth-order valence-electron chi connectivity index (χ4n) is 2.50. The van der Waals surface area contributed by atoms with E-state index in [-0.39, 0.29) is 18.4 Å². The lowest BCUT2D eigenvalue weighted by atomic mass is 10.1. The van der Waals surface area contributed by atoms with E-state index < -0.39 is 6.10 Å². The van der Waals surface area contributed by atoms with Gasteiger partial charge in [0, 0.05) is 12.5 Å². The van der Waals surface area contributed by atoms with Gasteiger partial charge in [0.1, 0.15) is 5.75 Å². The Morgan fingerprint density at radius 3 is 2.89 bits per heavy atom. The van der Waals surface area contributed by atoms with Crippen molar-refractivity contribution in [2.75, 3.05) is 13.7 Å². The molecular formula is C15H21NO3. The smallest absolute Gasteiger partial charge is 0.223 e. The number of aliphatic hydroxyl groups excluding tert-OH is 1. The van der Waals surface area contributed by atoms with Crippen molar-refractivity contribution in [1.82, 2.24) is 5.32 Å². The number of aliphatic hydroxyl groups is 1. The van der Waals surface area contributed by atoms with Gasteiger partial charge >= 0.3 is 0 Å². The van der Waals surface area contributed by atoms with Crippen LogP contribution in [0, 0.1) is 5.92 Å². The van der Waals surface area contributed by atoms with Gasteiger partial charge in [-0.2, -0.15) is 0 Å². The van der Waals surface area contributed by atoms with Gasteiger partial charge in [-0.1, -0.05) is 25.0 Å². The molecule has 1 aromatic carbocycles. The molecule has 1 saturated carbocycles. The fraction of sp³-hybridized carbons (Fsp3) is 0.533. The molecule has 1 atom stereocenters. The lowest BCUT2D eigenvalue weighted by Gasteiger charge is -2.15. The van der Waals surface area contributed by atoms with Crippen molar-refractivity contribution in [3.05, 3.63) is 29.8 Å². The van der Waals surface area contributed by atoms with Gasteiger partial charge in [0.2, 0.25) is 5.91 Å². The number of ether oxygens (including phenoxy) is 1. The van der Waals surface area contributed by atoms with Crippen LogP contribution in [0.4, 0.5) is 0 Å². The van der Waals surface area contributed by atoms with Crippen LogP contribution < -0.4 is 10.1 Å². The minimum Gasteiger partial charge on any atom is -0.497 e. The standard InChI is InChI=1S/C15H21NO3/c1-19-13-8-4-7-12(9-13)14(17)10-16-15(18)11-5-2-3-6-11/h4,7-9,11,14,17H,2-3,5-6,10H2,1H3,(H,16,18). The molecule has 0 bridgehead atoms. The molecule has 19 heavy (non-hydrogen) atoms. The van der Waals surface area contributed by atoms with Crippen molar-refractivity contribution in [1.29, 1.82) is 0 Å². The van der Waals surface area contributed by atoms with Crippen molar-refractivity contribution in [2.24, 2.45) is 5.92 Å². The van der Waals surface area contributed by atoms with E-state index in [1.807, 2.05) is 18.2 Å². The highest BCUT2D eigenvalue weighted by Crippen LogP contribution is 2.25. The van der Waals surface area contributed by atoms with Crippen molar-refractivity contribution >= 4 is 5.91 Å². The van der Waals surface area contributed by atoms with Crippen LogP contribution in [0.5, 0.6) is 5.75 Å². The number of nitrogens with one attached hydrogen (secondary N) is 1. The summed E-state index contributed by atoms with van der Waals surface area (Å²) in [5.74, 6) is 0.913. The second-order valence-corrected chi connectivity index (χ2v) is 5.02. The van der Waals surface area contributed by atoms with Crippen LogP contribution in [0.2, 0.25) is 0 Å². The number of methoxy groups -OCH3 is 1. The predicted molar refractivity (Wildman–Crippen MR) is 72.9 cm³/mol. The number of carbonyl (C=O) groups excluding carboxylic acids is 1. The third kappa shape index (κ3) is 3.70. The van der Waals surface area contributed by atoms with Crippen molar-refractivity contribution in [3.8, 4) is 5.75 Å². The van der Waals surface area contributed by atoms with Gasteiger partial charge < -0.3 is 15.2 Å². The zero-order valence-electron chi connectivity index (χ0n) is 11.3. The van der Waals surface area contributed by atoms with Crippen LogP contribution in [0.1, 0.15) is 37.4 Å². The summed E-state index contributed by atoms with van der Waals surface area (Å²) < 4.78 is 5.11. The van der Waals surface area contributed by atoms with Gasteiger partial charge in [0.05, 0.1) is 13.2 Å². The van der Waals surface area contributed by atoms with Gasteiger partial charge in [-0.3, -0.25) is 4.79 Å². The van der Waals surface area contributed by atoms with Crippen LogP contribution >= 0.6 is 0 Å². The summed E-state index contributed by atoms with van der Waals surface area (Å²) in [6.07, 6.45) is 3.52. The van der Waals surface area contributed by atoms with E-state index in [2.05, 4.69) is 5.32 Å². The van der Waals surface area contributed by atoms with Crippen LogP contribution in [0.25, 0.3) is 0 Å². The molecule has 0 heterocycles. The molecule has 1 fully saturated rings. The van der Waals surface area contributed by atoms with Gasteiger partial charge in [-0.15, -0.1) is 0 Å². The third-order valence-electron chi connectivity index (χ3n) is 3.67. The normalized spacial score (nSPS) is 17.2. The SMILES string of the molecule is COc1cccc(C(O)CNC(=O)C2CCCC2)c1. The molecule has 4 heteroatoms. The number of amides is 1. The molecular weight excluding hydrogens is 242 g/mol. The van der Waals surface area contributed by atoms with E-state index in [4.69, 9.17) is 4.74 Å². The Bertz CT molecular complexity index is 427. The number of benzene rings is 1. The zero-order valence-corrected chi connectivity index (χ0v) is 11.3. The summed E-state index contributed by atoms with van der Waals surface area (Å²) in [5.41, 5.74) is 0.756. The Hall–Kier alpha value is -1.55. The van der Waals surface area contributed by atoms with Crippen LogP contribution in [0.3, 0.4) is 0 Å². The van der Waals surface area contributed by atoms with Crippen LogP contribution in [0.15, 0.2) is 24.3 Å². The van der Waals surface area contributed by atoms with Gasteiger partial charge in [0.15, 0.2) is 0 Å². The molecule has 1 aliphatic carbocycles. The first-order valence-corrected chi connectivity index (χ1v) is 6.80. The average molecular weight is 263 g/mol. The molecule has 0 spiro atoms. The Labute approximate surface area is 113 Å². The van der Waals surface area contributed by atoms with Crippen LogP contribution in [-0.4, -0.2) is 24.7 Å². The van der Waals surface area contributed by atoms with E-state index in [9.17, 15) is 9.90 Å². The molecule has 1 unspecified atom stereocenters. The molecule has 104 valence electrons. The largest absolute Gasteiger partial charge is 0.497 e. The fourth-order valence-corrected chi connectivity index (χ4v) is 2.50. The Balaban J connectivity index is 1.86. The predicted octanol–water partition coefficient (Wildman–Crippen LogP) is 2.04. The molecule has 0 aliphatic heterocycles. The highest BCUT2D eigenvalue weighted by Gasteiger charge is 2.22. The van der Waals surface area contributed by atoms with E-state index in [0.29, 0.717) is 5.75 Å². The first-order valence-electron chi connectivity index (χ1n) is 6.80. The van der Waals surface area contributed by atoms with E-state index in [1.165, 1.54) is 0 Å². The van der Waals surface area contributed by atoms with Gasteiger partial charge in [-0.25, -0.2) is 0 Å². The van der Waals surface area contributed by atoms with Crippen molar-refractivity contribution in [2.45, 2.75) is 31.8 Å². The molecule has 2 N–H and O–H groups in total. The van der Waals surface area contributed by atoms with Crippen molar-refractivity contribution < 1.29 is 14.6 Å². The average Bonchev–Trinajstić information content (AvgIpc) is 2.98. The molecule has 2 rings (SSSR count). The summed E-state index contributed by atoms with van der Waals surface area (Å²) in [6.45, 7) is 0.252. The topological polar surface area (TPSA) is 58.6 Å².